The van der Waals surface area contributed by atoms with E-state index in [1.165, 1.54) is 18.1 Å². The standard InChI is InChI=1S/C18H15Cl2N3OS/c1-23(9-12-6-7-14(19)15(20)8-12)17(24)10-25-18-13-4-2-3-5-16(13)21-11-22-18/h2-8,11H,9-10H2,1H3. The Morgan fingerprint density at radius 1 is 1.12 bits per heavy atom. The van der Waals surface area contributed by atoms with E-state index in [-0.39, 0.29) is 5.91 Å². The van der Waals surface area contributed by atoms with Crippen LogP contribution in [0.5, 0.6) is 0 Å². The van der Waals surface area contributed by atoms with Crippen molar-refractivity contribution in [3.63, 3.8) is 0 Å². The third-order valence-corrected chi connectivity index (χ3v) is 5.40. The summed E-state index contributed by atoms with van der Waals surface area (Å²) in [6.45, 7) is 0.473. The van der Waals surface area contributed by atoms with E-state index in [1.807, 2.05) is 30.3 Å². The fraction of sp³-hybridized carbons (Fsp3) is 0.167. The summed E-state index contributed by atoms with van der Waals surface area (Å²) in [5, 5.41) is 2.75. The molecule has 1 aromatic heterocycles. The molecule has 0 aliphatic rings. The smallest absolute Gasteiger partial charge is 0.233 e. The summed E-state index contributed by atoms with van der Waals surface area (Å²) < 4.78 is 0. The molecule has 0 aliphatic carbocycles. The Bertz CT molecular complexity index is 914. The molecule has 0 radical (unpaired) electrons. The topological polar surface area (TPSA) is 46.1 Å². The molecule has 0 N–H and O–H groups in total. The van der Waals surface area contributed by atoms with Crippen LogP contribution in [-0.4, -0.2) is 33.6 Å². The molecule has 0 spiro atoms. The highest BCUT2D eigenvalue weighted by molar-refractivity contribution is 8.00. The number of carbonyl (C=O) groups excluding carboxylic acids is 1. The number of amides is 1. The summed E-state index contributed by atoms with van der Waals surface area (Å²) in [5.74, 6) is 0.317. The second kappa shape index (κ2) is 8.04. The van der Waals surface area contributed by atoms with Gasteiger partial charge in [0.25, 0.3) is 0 Å². The van der Waals surface area contributed by atoms with Crippen molar-refractivity contribution in [2.24, 2.45) is 0 Å². The van der Waals surface area contributed by atoms with Crippen LogP contribution in [0.4, 0.5) is 0 Å². The minimum atomic E-state index is 0.0127. The number of fused-ring (bicyclic) bond motifs is 1. The minimum Gasteiger partial charge on any atom is -0.341 e. The molecule has 0 unspecified atom stereocenters. The van der Waals surface area contributed by atoms with Crippen LogP contribution in [-0.2, 0) is 11.3 Å². The normalized spacial score (nSPS) is 10.8. The number of aromatic nitrogens is 2. The molecule has 7 heteroatoms. The van der Waals surface area contributed by atoms with Crippen molar-refractivity contribution in [2.45, 2.75) is 11.6 Å². The van der Waals surface area contributed by atoms with Gasteiger partial charge >= 0.3 is 0 Å². The van der Waals surface area contributed by atoms with Crippen molar-refractivity contribution in [2.75, 3.05) is 12.8 Å². The molecule has 3 aromatic rings. The second-order valence-corrected chi connectivity index (χ2v) is 7.26. The van der Waals surface area contributed by atoms with Gasteiger partial charge in [0.15, 0.2) is 0 Å². The van der Waals surface area contributed by atoms with Gasteiger partial charge in [-0.15, -0.1) is 0 Å². The lowest BCUT2D eigenvalue weighted by Crippen LogP contribution is -2.27. The first-order chi connectivity index (χ1) is 12.0. The molecule has 0 aliphatic heterocycles. The highest BCUT2D eigenvalue weighted by atomic mass is 35.5. The molecular formula is C18H15Cl2N3OS. The maximum atomic E-state index is 12.4. The van der Waals surface area contributed by atoms with Crippen LogP contribution in [0.3, 0.4) is 0 Å². The van der Waals surface area contributed by atoms with Gasteiger partial charge in [-0.05, 0) is 23.8 Å². The summed E-state index contributed by atoms with van der Waals surface area (Å²) in [7, 11) is 1.77. The predicted octanol–water partition coefficient (Wildman–Crippen LogP) is 4.69. The Kier molecular flexibility index (Phi) is 5.78. The minimum absolute atomic E-state index is 0.0127. The van der Waals surface area contributed by atoms with E-state index in [1.54, 1.807) is 24.1 Å². The molecule has 0 fully saturated rings. The highest BCUT2D eigenvalue weighted by Crippen LogP contribution is 2.25. The van der Waals surface area contributed by atoms with E-state index in [9.17, 15) is 4.79 Å². The zero-order valence-corrected chi connectivity index (χ0v) is 15.8. The number of hydrogen-bond acceptors (Lipinski definition) is 4. The first-order valence-corrected chi connectivity index (χ1v) is 9.29. The van der Waals surface area contributed by atoms with Crippen molar-refractivity contribution < 1.29 is 4.79 Å². The van der Waals surface area contributed by atoms with Gasteiger partial charge in [-0.1, -0.05) is 59.2 Å². The SMILES string of the molecule is CN(Cc1ccc(Cl)c(Cl)c1)C(=O)CSc1ncnc2ccccc12. The lowest BCUT2D eigenvalue weighted by molar-refractivity contribution is -0.127. The van der Waals surface area contributed by atoms with Crippen LogP contribution in [0.2, 0.25) is 10.0 Å². The molecule has 1 amide bonds. The molecule has 1 heterocycles. The van der Waals surface area contributed by atoms with Crippen LogP contribution in [0, 0.1) is 0 Å². The summed E-state index contributed by atoms with van der Waals surface area (Å²) in [6.07, 6.45) is 1.52. The average Bonchev–Trinajstić information content (AvgIpc) is 2.62. The number of carbonyl (C=O) groups is 1. The molecule has 0 saturated carbocycles. The summed E-state index contributed by atoms with van der Waals surface area (Å²) in [5.41, 5.74) is 1.80. The van der Waals surface area contributed by atoms with Crippen molar-refractivity contribution in [1.82, 2.24) is 14.9 Å². The van der Waals surface area contributed by atoms with Crippen molar-refractivity contribution in [3.8, 4) is 0 Å². The number of halogens is 2. The van der Waals surface area contributed by atoms with E-state index >= 15 is 0 Å². The van der Waals surface area contributed by atoms with Gasteiger partial charge in [-0.3, -0.25) is 4.79 Å². The van der Waals surface area contributed by atoms with Crippen LogP contribution in [0.1, 0.15) is 5.56 Å². The third kappa shape index (κ3) is 4.42. The first kappa shape index (κ1) is 18.0. The number of benzene rings is 2. The van der Waals surface area contributed by atoms with Crippen molar-refractivity contribution in [3.05, 3.63) is 64.4 Å². The van der Waals surface area contributed by atoms with Gasteiger partial charge in [-0.2, -0.15) is 0 Å². The molecule has 4 nitrogen and oxygen atoms in total. The van der Waals surface area contributed by atoms with Gasteiger partial charge in [0.1, 0.15) is 11.4 Å². The molecular weight excluding hydrogens is 377 g/mol. The molecule has 25 heavy (non-hydrogen) atoms. The fourth-order valence-corrected chi connectivity index (χ4v) is 3.59. The lowest BCUT2D eigenvalue weighted by Gasteiger charge is -2.17. The fourth-order valence-electron chi connectivity index (χ4n) is 2.34. The quantitative estimate of drug-likeness (QED) is 0.467. The Morgan fingerprint density at radius 2 is 1.92 bits per heavy atom. The van der Waals surface area contributed by atoms with Gasteiger partial charge in [0.05, 0.1) is 21.3 Å². The average molecular weight is 392 g/mol. The lowest BCUT2D eigenvalue weighted by atomic mass is 10.2. The van der Waals surface area contributed by atoms with Crippen LogP contribution in [0.15, 0.2) is 53.8 Å². The summed E-state index contributed by atoms with van der Waals surface area (Å²) in [4.78, 5) is 22.6. The maximum Gasteiger partial charge on any atom is 0.233 e. The van der Waals surface area contributed by atoms with E-state index in [0.29, 0.717) is 22.3 Å². The van der Waals surface area contributed by atoms with Crippen LogP contribution >= 0.6 is 35.0 Å². The van der Waals surface area contributed by atoms with E-state index in [4.69, 9.17) is 23.2 Å². The Morgan fingerprint density at radius 3 is 2.72 bits per heavy atom. The van der Waals surface area contributed by atoms with Gasteiger partial charge in [0, 0.05) is 19.0 Å². The van der Waals surface area contributed by atoms with E-state index in [2.05, 4.69) is 9.97 Å². The summed E-state index contributed by atoms with van der Waals surface area (Å²) >= 11 is 13.4. The monoisotopic (exact) mass is 391 g/mol. The second-order valence-electron chi connectivity index (χ2n) is 5.48. The Balaban J connectivity index is 1.64. The van der Waals surface area contributed by atoms with Crippen LogP contribution in [0.25, 0.3) is 10.9 Å². The molecule has 2 aromatic carbocycles. The molecule has 128 valence electrons. The Hall–Kier alpha value is -1.82. The number of thioether (sulfide) groups is 1. The third-order valence-electron chi connectivity index (χ3n) is 3.67. The van der Waals surface area contributed by atoms with Gasteiger partial charge in [0.2, 0.25) is 5.91 Å². The molecule has 3 rings (SSSR count). The molecule has 0 atom stereocenters. The molecule has 0 saturated heterocycles. The van der Waals surface area contributed by atoms with E-state index in [0.717, 1.165) is 21.5 Å². The number of nitrogens with zero attached hydrogens (tertiary/aromatic N) is 3. The number of rotatable bonds is 5. The van der Waals surface area contributed by atoms with Crippen LogP contribution < -0.4 is 0 Å². The van der Waals surface area contributed by atoms with Crippen molar-refractivity contribution in [1.29, 1.82) is 0 Å². The molecule has 0 bridgehead atoms. The number of para-hydroxylation sites is 1. The zero-order valence-electron chi connectivity index (χ0n) is 13.4. The highest BCUT2D eigenvalue weighted by Gasteiger charge is 2.12. The van der Waals surface area contributed by atoms with Gasteiger partial charge < -0.3 is 4.90 Å². The predicted molar refractivity (Wildman–Crippen MR) is 103 cm³/mol. The zero-order chi connectivity index (χ0) is 17.8. The van der Waals surface area contributed by atoms with Crippen molar-refractivity contribution >= 4 is 51.8 Å². The number of hydrogen-bond donors (Lipinski definition) is 0. The first-order valence-electron chi connectivity index (χ1n) is 7.55. The van der Waals surface area contributed by atoms with Gasteiger partial charge in [-0.25, -0.2) is 9.97 Å². The summed E-state index contributed by atoms with van der Waals surface area (Å²) in [6, 6.07) is 13.1. The van der Waals surface area contributed by atoms with E-state index < -0.39 is 0 Å². The Labute approximate surface area is 160 Å². The largest absolute Gasteiger partial charge is 0.341 e. The maximum absolute atomic E-state index is 12.4.